The first-order chi connectivity index (χ1) is 7.70. The van der Waals surface area contributed by atoms with Gasteiger partial charge in [-0.3, -0.25) is 9.59 Å². The predicted octanol–water partition coefficient (Wildman–Crippen LogP) is 0.872. The minimum atomic E-state index is -0.147. The number of carbonyl (C=O) groups excluding carboxylic acids is 2. The fraction of sp³-hybridized carbons (Fsp3) is 0.818. The van der Waals surface area contributed by atoms with Crippen molar-refractivity contribution in [3.63, 3.8) is 0 Å². The van der Waals surface area contributed by atoms with E-state index in [1.807, 2.05) is 0 Å². The summed E-state index contributed by atoms with van der Waals surface area (Å²) < 4.78 is 9.46. The van der Waals surface area contributed by atoms with Gasteiger partial charge in [0, 0.05) is 20.1 Å². The van der Waals surface area contributed by atoms with Gasteiger partial charge in [0.1, 0.15) is 6.61 Å². The Kier molecular flexibility index (Phi) is 9.70. The molecule has 0 aliphatic carbocycles. The topological polar surface area (TPSA) is 64.6 Å². The van der Waals surface area contributed by atoms with E-state index in [1.165, 1.54) is 7.11 Å². The fourth-order valence-electron chi connectivity index (χ4n) is 1.21. The fourth-order valence-corrected chi connectivity index (χ4v) is 1.21. The maximum Gasteiger partial charge on any atom is 0.305 e. The lowest BCUT2D eigenvalue weighted by Crippen LogP contribution is -2.27. The van der Waals surface area contributed by atoms with Crippen molar-refractivity contribution in [1.82, 2.24) is 5.32 Å². The van der Waals surface area contributed by atoms with Crippen LogP contribution in [0.15, 0.2) is 0 Å². The molecule has 0 aromatic rings. The standard InChI is InChI=1S/C11H21NO4/c1-3-16-11(14)7-5-4-6-8-12-10(13)9-15-2/h3-9H2,1-2H3,(H,12,13). The van der Waals surface area contributed by atoms with E-state index in [9.17, 15) is 9.59 Å². The first-order valence-electron chi connectivity index (χ1n) is 5.62. The molecule has 5 heteroatoms. The van der Waals surface area contributed by atoms with Crippen molar-refractivity contribution in [3.8, 4) is 0 Å². The van der Waals surface area contributed by atoms with Gasteiger partial charge < -0.3 is 14.8 Å². The smallest absolute Gasteiger partial charge is 0.305 e. The zero-order valence-corrected chi connectivity index (χ0v) is 10.1. The summed E-state index contributed by atoms with van der Waals surface area (Å²) in [4.78, 5) is 21.9. The Balaban J connectivity index is 3.21. The minimum Gasteiger partial charge on any atom is -0.466 e. The lowest BCUT2D eigenvalue weighted by molar-refractivity contribution is -0.143. The minimum absolute atomic E-state index is 0.100. The predicted molar refractivity (Wildman–Crippen MR) is 60.0 cm³/mol. The number of unbranched alkanes of at least 4 members (excludes halogenated alkanes) is 2. The number of methoxy groups -OCH3 is 1. The highest BCUT2D eigenvalue weighted by Gasteiger charge is 2.01. The maximum atomic E-state index is 11.0. The van der Waals surface area contributed by atoms with Crippen molar-refractivity contribution >= 4 is 11.9 Å². The van der Waals surface area contributed by atoms with Gasteiger partial charge in [0.2, 0.25) is 5.91 Å². The molecule has 0 aliphatic rings. The Hall–Kier alpha value is -1.10. The SMILES string of the molecule is CCOC(=O)CCCCCNC(=O)COC. The summed E-state index contributed by atoms with van der Waals surface area (Å²) in [7, 11) is 1.49. The van der Waals surface area contributed by atoms with E-state index in [0.29, 0.717) is 19.6 Å². The molecule has 16 heavy (non-hydrogen) atoms. The van der Waals surface area contributed by atoms with Gasteiger partial charge in [-0.2, -0.15) is 0 Å². The van der Waals surface area contributed by atoms with Gasteiger partial charge >= 0.3 is 5.97 Å². The highest BCUT2D eigenvalue weighted by atomic mass is 16.5. The number of ether oxygens (including phenoxy) is 2. The lowest BCUT2D eigenvalue weighted by Gasteiger charge is -2.04. The van der Waals surface area contributed by atoms with E-state index in [1.54, 1.807) is 6.92 Å². The van der Waals surface area contributed by atoms with Gasteiger partial charge in [-0.1, -0.05) is 6.42 Å². The number of esters is 1. The number of hydrogen-bond donors (Lipinski definition) is 1. The van der Waals surface area contributed by atoms with E-state index in [0.717, 1.165) is 19.3 Å². The first kappa shape index (κ1) is 14.9. The van der Waals surface area contributed by atoms with Crippen molar-refractivity contribution in [2.24, 2.45) is 0 Å². The molecule has 0 bridgehead atoms. The highest BCUT2D eigenvalue weighted by Crippen LogP contribution is 2.00. The third kappa shape index (κ3) is 9.45. The van der Waals surface area contributed by atoms with Crippen LogP contribution >= 0.6 is 0 Å². The summed E-state index contributed by atoms with van der Waals surface area (Å²) in [5.74, 6) is -0.251. The first-order valence-corrected chi connectivity index (χ1v) is 5.62. The van der Waals surface area contributed by atoms with Crippen molar-refractivity contribution in [2.75, 3.05) is 26.9 Å². The van der Waals surface area contributed by atoms with Crippen LogP contribution in [-0.4, -0.2) is 38.7 Å². The zero-order valence-electron chi connectivity index (χ0n) is 10.1. The quantitative estimate of drug-likeness (QED) is 0.472. The molecular formula is C11H21NO4. The molecule has 0 aromatic carbocycles. The van der Waals surface area contributed by atoms with Gasteiger partial charge in [0.15, 0.2) is 0 Å². The molecule has 0 spiro atoms. The van der Waals surface area contributed by atoms with Crippen molar-refractivity contribution in [3.05, 3.63) is 0 Å². The van der Waals surface area contributed by atoms with Gasteiger partial charge in [0.05, 0.1) is 6.61 Å². The van der Waals surface area contributed by atoms with Crippen LogP contribution in [0.1, 0.15) is 32.6 Å². The monoisotopic (exact) mass is 231 g/mol. The van der Waals surface area contributed by atoms with E-state index < -0.39 is 0 Å². The summed E-state index contributed by atoms with van der Waals surface area (Å²) >= 11 is 0. The number of amides is 1. The molecule has 0 radical (unpaired) electrons. The van der Waals surface area contributed by atoms with Gasteiger partial charge in [0.25, 0.3) is 0 Å². The van der Waals surface area contributed by atoms with E-state index in [-0.39, 0.29) is 18.5 Å². The maximum absolute atomic E-state index is 11.0. The third-order valence-corrected chi connectivity index (χ3v) is 1.96. The molecule has 0 atom stereocenters. The molecule has 0 unspecified atom stereocenters. The molecule has 0 heterocycles. The number of hydrogen-bond acceptors (Lipinski definition) is 4. The molecule has 1 N–H and O–H groups in total. The van der Waals surface area contributed by atoms with Crippen LogP contribution in [-0.2, 0) is 19.1 Å². The summed E-state index contributed by atoms with van der Waals surface area (Å²) in [5.41, 5.74) is 0. The summed E-state index contributed by atoms with van der Waals surface area (Å²) in [6.45, 7) is 2.96. The molecule has 0 aromatic heterocycles. The Morgan fingerprint density at radius 2 is 1.94 bits per heavy atom. The second-order valence-electron chi connectivity index (χ2n) is 3.40. The van der Waals surface area contributed by atoms with Crippen LogP contribution < -0.4 is 5.32 Å². The van der Waals surface area contributed by atoms with Crippen LogP contribution in [0.4, 0.5) is 0 Å². The lowest BCUT2D eigenvalue weighted by atomic mass is 10.2. The Bertz CT molecular complexity index is 184. The second-order valence-corrected chi connectivity index (χ2v) is 3.40. The number of rotatable bonds is 9. The van der Waals surface area contributed by atoms with Crippen LogP contribution in [0.5, 0.6) is 0 Å². The highest BCUT2D eigenvalue weighted by molar-refractivity contribution is 5.77. The average Bonchev–Trinajstić information content (AvgIpc) is 2.24. The van der Waals surface area contributed by atoms with Crippen molar-refractivity contribution < 1.29 is 19.1 Å². The third-order valence-electron chi connectivity index (χ3n) is 1.96. The summed E-state index contributed by atoms with van der Waals surface area (Å²) in [5, 5.41) is 2.72. The normalized spacial score (nSPS) is 9.88. The molecule has 94 valence electrons. The van der Waals surface area contributed by atoms with Crippen molar-refractivity contribution in [2.45, 2.75) is 32.6 Å². The van der Waals surface area contributed by atoms with E-state index in [4.69, 9.17) is 4.74 Å². The van der Waals surface area contributed by atoms with Crippen LogP contribution in [0.25, 0.3) is 0 Å². The van der Waals surface area contributed by atoms with Crippen LogP contribution in [0, 0.1) is 0 Å². The molecule has 5 nitrogen and oxygen atoms in total. The molecular weight excluding hydrogens is 210 g/mol. The van der Waals surface area contributed by atoms with Gasteiger partial charge in [-0.15, -0.1) is 0 Å². The average molecular weight is 231 g/mol. The number of nitrogens with one attached hydrogen (secondary N) is 1. The van der Waals surface area contributed by atoms with Crippen LogP contribution in [0.3, 0.4) is 0 Å². The molecule has 0 fully saturated rings. The molecule has 0 rings (SSSR count). The zero-order chi connectivity index (χ0) is 12.2. The van der Waals surface area contributed by atoms with Gasteiger partial charge in [-0.05, 0) is 19.8 Å². The summed E-state index contributed by atoms with van der Waals surface area (Å²) in [6, 6.07) is 0. The van der Waals surface area contributed by atoms with E-state index >= 15 is 0 Å². The largest absolute Gasteiger partial charge is 0.466 e. The molecule has 0 saturated carbocycles. The number of carbonyl (C=O) groups is 2. The Morgan fingerprint density at radius 1 is 1.19 bits per heavy atom. The molecule has 1 amide bonds. The summed E-state index contributed by atoms with van der Waals surface area (Å²) in [6.07, 6.45) is 3.04. The Labute approximate surface area is 96.5 Å². The molecule has 0 saturated heterocycles. The second kappa shape index (κ2) is 10.4. The van der Waals surface area contributed by atoms with E-state index in [2.05, 4.69) is 10.1 Å². The van der Waals surface area contributed by atoms with Crippen LogP contribution in [0.2, 0.25) is 0 Å². The van der Waals surface area contributed by atoms with Crippen molar-refractivity contribution in [1.29, 1.82) is 0 Å². The van der Waals surface area contributed by atoms with Gasteiger partial charge in [-0.25, -0.2) is 0 Å². The Morgan fingerprint density at radius 3 is 2.56 bits per heavy atom. The molecule has 0 aliphatic heterocycles.